The van der Waals surface area contributed by atoms with E-state index in [0.29, 0.717) is 53.5 Å². The van der Waals surface area contributed by atoms with E-state index in [4.69, 9.17) is 4.74 Å². The molecular formula is C36H36BrN3O6S2. The van der Waals surface area contributed by atoms with Crippen molar-refractivity contribution in [2.45, 2.75) is 37.6 Å². The fourth-order valence-corrected chi connectivity index (χ4v) is 9.36. The summed E-state index contributed by atoms with van der Waals surface area (Å²) in [5.74, 6) is -0.615. The van der Waals surface area contributed by atoms with Crippen LogP contribution in [-0.2, 0) is 21.2 Å². The van der Waals surface area contributed by atoms with Crippen LogP contribution in [-0.4, -0.2) is 69.1 Å². The summed E-state index contributed by atoms with van der Waals surface area (Å²) in [6, 6.07) is 23.7. The molecule has 2 aliphatic heterocycles. The Kier molecular flexibility index (Phi) is 9.95. The van der Waals surface area contributed by atoms with Crippen LogP contribution in [0.15, 0.2) is 99.2 Å². The van der Waals surface area contributed by atoms with Gasteiger partial charge < -0.3 is 19.6 Å². The van der Waals surface area contributed by atoms with Crippen LogP contribution in [0.25, 0.3) is 5.57 Å². The third-order valence-corrected chi connectivity index (χ3v) is 12.5. The van der Waals surface area contributed by atoms with Crippen LogP contribution in [0, 0.1) is 0 Å². The van der Waals surface area contributed by atoms with Gasteiger partial charge in [-0.25, -0.2) is 13.2 Å². The number of hydrogen-bond donors (Lipinski definition) is 1. The number of hydrogen-bond acceptors (Lipinski definition) is 7. The molecule has 0 aliphatic carbocycles. The average molecular weight is 751 g/mol. The molecule has 12 heteroatoms. The van der Waals surface area contributed by atoms with Crippen molar-refractivity contribution in [2.75, 3.05) is 42.0 Å². The maximum absolute atomic E-state index is 14.7. The molecule has 2 aliphatic rings. The standard InChI is InChI=1S/C36H36BrN3O6S2/c1-24-23-38(35(41)34-30(37)16-21-47-34)18-19-39(24)31-10-6-7-11-32(31)40(17-14-26-8-4-3-5-9-26)48(44,45)27-12-13-33-29(22-27)25(2)28(36(42)43)15-20-46-33/h3-13,16,21-22,24H,14-15,17-20,23H2,1-2H3,(H,42,43). The molecule has 1 N–H and O–H groups in total. The number of allylic oxidation sites excluding steroid dienone is 1. The number of benzene rings is 3. The third kappa shape index (κ3) is 6.74. The zero-order valence-corrected chi connectivity index (χ0v) is 29.9. The van der Waals surface area contributed by atoms with E-state index >= 15 is 0 Å². The number of nitrogens with zero attached hydrogens (tertiary/aromatic N) is 3. The lowest BCUT2D eigenvalue weighted by Gasteiger charge is -2.42. The number of piperazine rings is 1. The largest absolute Gasteiger partial charge is 0.493 e. The summed E-state index contributed by atoms with van der Waals surface area (Å²) in [5.41, 5.74) is 3.43. The highest BCUT2D eigenvalue weighted by Gasteiger charge is 2.34. The van der Waals surface area contributed by atoms with Crippen LogP contribution in [0.2, 0.25) is 0 Å². The SMILES string of the molecule is CC1=C(C(=O)O)CCOc2ccc(S(=O)(=O)N(CCc3ccccc3)c3ccccc3N3CCN(C(=O)c4sccc4Br)CC3C)cc21. The smallest absolute Gasteiger partial charge is 0.331 e. The maximum Gasteiger partial charge on any atom is 0.331 e. The Labute approximate surface area is 293 Å². The first kappa shape index (κ1) is 33.8. The van der Waals surface area contributed by atoms with Crippen molar-refractivity contribution in [2.24, 2.45) is 0 Å². The second-order valence-corrected chi connectivity index (χ2v) is 15.5. The molecule has 0 bridgehead atoms. The predicted molar refractivity (Wildman–Crippen MR) is 193 cm³/mol. The zero-order chi connectivity index (χ0) is 34.0. The van der Waals surface area contributed by atoms with Gasteiger partial charge in [0.15, 0.2) is 0 Å². The van der Waals surface area contributed by atoms with Gasteiger partial charge in [0.1, 0.15) is 10.6 Å². The first-order valence-corrected chi connectivity index (χ1v) is 18.8. The minimum atomic E-state index is -4.16. The van der Waals surface area contributed by atoms with E-state index in [1.54, 1.807) is 13.0 Å². The van der Waals surface area contributed by atoms with E-state index in [-0.39, 0.29) is 42.0 Å². The van der Waals surface area contributed by atoms with Gasteiger partial charge in [-0.15, -0.1) is 11.3 Å². The van der Waals surface area contributed by atoms with Crippen molar-refractivity contribution >= 4 is 66.1 Å². The Morgan fingerprint density at radius 2 is 1.79 bits per heavy atom. The number of carbonyl (C=O) groups excluding carboxylic acids is 1. The zero-order valence-electron chi connectivity index (χ0n) is 26.6. The molecule has 48 heavy (non-hydrogen) atoms. The number of amides is 1. The molecule has 0 radical (unpaired) electrons. The van der Waals surface area contributed by atoms with Crippen molar-refractivity contribution in [1.29, 1.82) is 0 Å². The topological polar surface area (TPSA) is 107 Å². The molecule has 0 spiro atoms. The van der Waals surface area contributed by atoms with E-state index in [1.807, 2.05) is 77.9 Å². The molecular weight excluding hydrogens is 714 g/mol. The fourth-order valence-electron chi connectivity index (χ4n) is 6.35. The number of sulfonamides is 1. The normalized spacial score (nSPS) is 16.6. The molecule has 1 saturated heterocycles. The molecule has 9 nitrogen and oxygen atoms in total. The highest BCUT2D eigenvalue weighted by Crippen LogP contribution is 2.39. The lowest BCUT2D eigenvalue weighted by molar-refractivity contribution is -0.132. The van der Waals surface area contributed by atoms with Gasteiger partial charge in [0.05, 0.1) is 22.9 Å². The summed E-state index contributed by atoms with van der Waals surface area (Å²) in [7, 11) is -4.16. The number of carbonyl (C=O) groups is 2. The molecule has 4 aromatic rings. The van der Waals surface area contributed by atoms with Gasteiger partial charge in [-0.2, -0.15) is 0 Å². The number of fused-ring (bicyclic) bond motifs is 1. The Bertz CT molecular complexity index is 1980. The van der Waals surface area contributed by atoms with Gasteiger partial charge >= 0.3 is 5.97 Å². The van der Waals surface area contributed by atoms with Crippen molar-refractivity contribution < 1.29 is 27.9 Å². The van der Waals surface area contributed by atoms with E-state index in [0.717, 1.165) is 15.7 Å². The van der Waals surface area contributed by atoms with Gasteiger partial charge in [0.25, 0.3) is 15.9 Å². The summed E-state index contributed by atoms with van der Waals surface area (Å²) in [6.45, 7) is 5.60. The molecule has 250 valence electrons. The van der Waals surface area contributed by atoms with Crippen LogP contribution in [0.3, 0.4) is 0 Å². The Balaban J connectivity index is 1.37. The number of carboxylic acids is 1. The molecule has 1 fully saturated rings. The number of anilines is 2. The molecule has 1 amide bonds. The van der Waals surface area contributed by atoms with Crippen LogP contribution in [0.4, 0.5) is 11.4 Å². The minimum absolute atomic E-state index is 0.0219. The summed E-state index contributed by atoms with van der Waals surface area (Å²) < 4.78 is 37.6. The summed E-state index contributed by atoms with van der Waals surface area (Å²) >= 11 is 4.89. The second kappa shape index (κ2) is 14.2. The second-order valence-electron chi connectivity index (χ2n) is 11.9. The Hall–Kier alpha value is -4.13. The number of para-hydroxylation sites is 2. The van der Waals surface area contributed by atoms with Gasteiger partial charge in [0.2, 0.25) is 0 Å². The maximum atomic E-state index is 14.7. The minimum Gasteiger partial charge on any atom is -0.493 e. The van der Waals surface area contributed by atoms with E-state index in [2.05, 4.69) is 20.8 Å². The number of halogens is 1. The van der Waals surface area contributed by atoms with Crippen molar-refractivity contribution in [3.63, 3.8) is 0 Å². The average Bonchev–Trinajstić information content (AvgIpc) is 3.44. The molecule has 6 rings (SSSR count). The number of thiophene rings is 1. The van der Waals surface area contributed by atoms with E-state index < -0.39 is 16.0 Å². The molecule has 1 unspecified atom stereocenters. The van der Waals surface area contributed by atoms with Crippen LogP contribution >= 0.6 is 27.3 Å². The fraction of sp³-hybridized carbons (Fsp3) is 0.278. The monoisotopic (exact) mass is 749 g/mol. The number of carboxylic acid groups (broad SMARTS) is 1. The predicted octanol–water partition coefficient (Wildman–Crippen LogP) is 6.94. The lowest BCUT2D eigenvalue weighted by Crippen LogP contribution is -2.54. The van der Waals surface area contributed by atoms with E-state index in [1.165, 1.54) is 27.8 Å². The number of rotatable bonds is 9. The quantitative estimate of drug-likeness (QED) is 0.198. The molecule has 3 heterocycles. The summed E-state index contributed by atoms with van der Waals surface area (Å²) in [5, 5.41) is 11.7. The van der Waals surface area contributed by atoms with Crippen LogP contribution in [0.5, 0.6) is 5.75 Å². The van der Waals surface area contributed by atoms with Crippen molar-refractivity contribution in [3.05, 3.63) is 110 Å². The van der Waals surface area contributed by atoms with Gasteiger partial charge in [-0.3, -0.25) is 9.10 Å². The van der Waals surface area contributed by atoms with Crippen molar-refractivity contribution in [3.8, 4) is 5.75 Å². The van der Waals surface area contributed by atoms with Gasteiger partial charge in [0, 0.05) is 54.3 Å². The summed E-state index contributed by atoms with van der Waals surface area (Å²) in [6.07, 6.45) is 0.689. The Morgan fingerprint density at radius 3 is 2.50 bits per heavy atom. The third-order valence-electron chi connectivity index (χ3n) is 8.90. The highest BCUT2D eigenvalue weighted by molar-refractivity contribution is 9.10. The lowest BCUT2D eigenvalue weighted by atomic mass is 10.00. The molecule has 1 atom stereocenters. The molecule has 3 aromatic carbocycles. The van der Waals surface area contributed by atoms with E-state index in [9.17, 15) is 23.1 Å². The molecule has 0 saturated carbocycles. The van der Waals surface area contributed by atoms with Crippen LogP contribution < -0.4 is 13.9 Å². The first-order chi connectivity index (χ1) is 23.1. The Morgan fingerprint density at radius 1 is 1.04 bits per heavy atom. The number of ether oxygens (including phenoxy) is 1. The summed E-state index contributed by atoms with van der Waals surface area (Å²) in [4.78, 5) is 30.0. The number of aliphatic carboxylic acids is 1. The van der Waals surface area contributed by atoms with Gasteiger partial charge in [-0.05, 0) is 89.1 Å². The molecule has 1 aromatic heterocycles. The highest BCUT2D eigenvalue weighted by atomic mass is 79.9. The first-order valence-electron chi connectivity index (χ1n) is 15.7. The van der Waals surface area contributed by atoms with Crippen molar-refractivity contribution in [1.82, 2.24) is 4.90 Å². The van der Waals surface area contributed by atoms with Crippen LogP contribution in [0.1, 0.15) is 41.1 Å². The van der Waals surface area contributed by atoms with Gasteiger partial charge in [-0.1, -0.05) is 42.5 Å².